The van der Waals surface area contributed by atoms with Gasteiger partial charge in [0.25, 0.3) is 0 Å². The summed E-state index contributed by atoms with van der Waals surface area (Å²) in [5, 5.41) is 12.0. The Morgan fingerprint density at radius 1 is 1.20 bits per heavy atom. The number of amides is 1. The molecule has 6 nitrogen and oxygen atoms in total. The lowest BCUT2D eigenvalue weighted by atomic mass is 10.2. The van der Waals surface area contributed by atoms with Gasteiger partial charge in [-0.25, -0.2) is 4.68 Å². The first-order valence-corrected chi connectivity index (χ1v) is 8.86. The molecule has 3 rings (SSSR count). The number of carbonyl (C=O) groups excluding carboxylic acids is 1. The standard InChI is InChI=1S/C17H16ClN5OS/c1-11-6-2-5-9-14(11)20-15(24)10-25-17-22-21-16(23(17)19)12-7-3-4-8-13(12)18/h2-9H,10,19H2,1H3,(H,20,24). The zero-order valence-electron chi connectivity index (χ0n) is 13.4. The number of carbonyl (C=O) groups is 1. The number of rotatable bonds is 5. The molecule has 0 aliphatic heterocycles. The normalized spacial score (nSPS) is 10.6. The van der Waals surface area contributed by atoms with Crippen LogP contribution in [0.5, 0.6) is 0 Å². The minimum absolute atomic E-state index is 0.137. The Bertz CT molecular complexity index is 912. The number of thioether (sulfide) groups is 1. The summed E-state index contributed by atoms with van der Waals surface area (Å²) in [5.74, 6) is 6.53. The highest BCUT2D eigenvalue weighted by Crippen LogP contribution is 2.27. The Kier molecular flexibility index (Phi) is 5.25. The lowest BCUT2D eigenvalue weighted by molar-refractivity contribution is -0.113. The third-order valence-electron chi connectivity index (χ3n) is 3.53. The smallest absolute Gasteiger partial charge is 0.234 e. The molecule has 0 atom stereocenters. The average Bonchev–Trinajstić information content (AvgIpc) is 2.96. The largest absolute Gasteiger partial charge is 0.335 e. The first-order chi connectivity index (χ1) is 12.1. The number of nitrogens with zero attached hydrogens (tertiary/aromatic N) is 3. The molecule has 0 aliphatic carbocycles. The minimum atomic E-state index is -0.137. The second-order valence-corrected chi connectivity index (χ2v) is 6.66. The molecule has 1 amide bonds. The predicted molar refractivity (Wildman–Crippen MR) is 101 cm³/mol. The van der Waals surface area contributed by atoms with Gasteiger partial charge in [0, 0.05) is 11.3 Å². The number of para-hydroxylation sites is 1. The fourth-order valence-electron chi connectivity index (χ4n) is 2.23. The summed E-state index contributed by atoms with van der Waals surface area (Å²) in [6.07, 6.45) is 0. The quantitative estimate of drug-likeness (QED) is 0.529. The summed E-state index contributed by atoms with van der Waals surface area (Å²) < 4.78 is 1.34. The monoisotopic (exact) mass is 373 g/mol. The van der Waals surface area contributed by atoms with Gasteiger partial charge < -0.3 is 11.2 Å². The van der Waals surface area contributed by atoms with E-state index in [-0.39, 0.29) is 11.7 Å². The Morgan fingerprint density at radius 2 is 1.92 bits per heavy atom. The molecule has 0 spiro atoms. The molecule has 0 saturated heterocycles. The van der Waals surface area contributed by atoms with Crippen molar-refractivity contribution in [3.63, 3.8) is 0 Å². The topological polar surface area (TPSA) is 85.8 Å². The van der Waals surface area contributed by atoms with Crippen LogP contribution in [0.4, 0.5) is 5.69 Å². The van der Waals surface area contributed by atoms with Gasteiger partial charge in [0.2, 0.25) is 11.1 Å². The van der Waals surface area contributed by atoms with Crippen molar-refractivity contribution < 1.29 is 4.79 Å². The lowest BCUT2D eigenvalue weighted by Gasteiger charge is -2.08. The van der Waals surface area contributed by atoms with Crippen LogP contribution in [-0.4, -0.2) is 26.5 Å². The van der Waals surface area contributed by atoms with Crippen LogP contribution in [0, 0.1) is 6.92 Å². The molecule has 0 aliphatic rings. The van der Waals surface area contributed by atoms with Crippen molar-refractivity contribution in [2.24, 2.45) is 0 Å². The third-order valence-corrected chi connectivity index (χ3v) is 4.80. The number of aryl methyl sites for hydroxylation is 1. The first-order valence-electron chi connectivity index (χ1n) is 7.50. The fourth-order valence-corrected chi connectivity index (χ4v) is 3.11. The molecule has 1 aromatic heterocycles. The van der Waals surface area contributed by atoms with E-state index in [9.17, 15) is 4.79 Å². The van der Waals surface area contributed by atoms with Gasteiger partial charge in [0.15, 0.2) is 5.82 Å². The SMILES string of the molecule is Cc1ccccc1NC(=O)CSc1nnc(-c2ccccc2Cl)n1N. The zero-order chi connectivity index (χ0) is 17.8. The number of nitrogen functional groups attached to an aromatic ring is 1. The van der Waals surface area contributed by atoms with Gasteiger partial charge in [-0.15, -0.1) is 10.2 Å². The van der Waals surface area contributed by atoms with Gasteiger partial charge in [-0.3, -0.25) is 4.79 Å². The van der Waals surface area contributed by atoms with Gasteiger partial charge in [0.1, 0.15) is 0 Å². The van der Waals surface area contributed by atoms with Gasteiger partial charge in [0.05, 0.1) is 10.8 Å². The van der Waals surface area contributed by atoms with E-state index in [1.54, 1.807) is 6.07 Å². The van der Waals surface area contributed by atoms with Crippen LogP contribution in [0.15, 0.2) is 53.7 Å². The van der Waals surface area contributed by atoms with Crippen LogP contribution in [-0.2, 0) is 4.79 Å². The molecular formula is C17H16ClN5OS. The van der Waals surface area contributed by atoms with E-state index in [2.05, 4.69) is 15.5 Å². The van der Waals surface area contributed by atoms with Crippen LogP contribution in [0.25, 0.3) is 11.4 Å². The van der Waals surface area contributed by atoms with Crippen molar-refractivity contribution in [3.8, 4) is 11.4 Å². The van der Waals surface area contributed by atoms with Crippen LogP contribution in [0.1, 0.15) is 5.56 Å². The summed E-state index contributed by atoms with van der Waals surface area (Å²) in [7, 11) is 0. The number of hydrogen-bond acceptors (Lipinski definition) is 5. The number of aromatic nitrogens is 3. The van der Waals surface area contributed by atoms with E-state index >= 15 is 0 Å². The molecule has 0 saturated carbocycles. The van der Waals surface area contributed by atoms with E-state index in [0.29, 0.717) is 21.6 Å². The van der Waals surface area contributed by atoms with Crippen molar-refractivity contribution in [3.05, 3.63) is 59.1 Å². The third kappa shape index (κ3) is 3.94. The van der Waals surface area contributed by atoms with Crippen molar-refractivity contribution in [2.45, 2.75) is 12.1 Å². The summed E-state index contributed by atoms with van der Waals surface area (Å²) in [4.78, 5) is 12.1. The van der Waals surface area contributed by atoms with Gasteiger partial charge in [-0.1, -0.05) is 53.7 Å². The van der Waals surface area contributed by atoms with Crippen molar-refractivity contribution >= 4 is 35.0 Å². The molecule has 8 heteroatoms. The Hall–Kier alpha value is -2.51. The summed E-state index contributed by atoms with van der Waals surface area (Å²) in [5.41, 5.74) is 2.48. The molecule has 3 aromatic rings. The van der Waals surface area contributed by atoms with Crippen LogP contribution < -0.4 is 11.2 Å². The number of halogens is 1. The molecule has 3 N–H and O–H groups in total. The van der Waals surface area contributed by atoms with E-state index in [1.165, 1.54) is 16.4 Å². The van der Waals surface area contributed by atoms with Crippen LogP contribution in [0.2, 0.25) is 5.02 Å². The zero-order valence-corrected chi connectivity index (χ0v) is 15.0. The average molecular weight is 374 g/mol. The number of nitrogens with two attached hydrogens (primary N) is 1. The van der Waals surface area contributed by atoms with Crippen molar-refractivity contribution in [1.82, 2.24) is 14.9 Å². The highest BCUT2D eigenvalue weighted by molar-refractivity contribution is 7.99. The number of anilines is 1. The maximum Gasteiger partial charge on any atom is 0.234 e. The fraction of sp³-hybridized carbons (Fsp3) is 0.118. The van der Waals surface area contributed by atoms with Gasteiger partial charge in [-0.05, 0) is 30.7 Å². The summed E-state index contributed by atoms with van der Waals surface area (Å²) in [6.45, 7) is 1.94. The number of benzene rings is 2. The maximum absolute atomic E-state index is 12.1. The van der Waals surface area contributed by atoms with Gasteiger partial charge in [-0.2, -0.15) is 0 Å². The highest BCUT2D eigenvalue weighted by atomic mass is 35.5. The Labute approximate surface area is 154 Å². The van der Waals surface area contributed by atoms with E-state index in [4.69, 9.17) is 17.4 Å². The highest BCUT2D eigenvalue weighted by Gasteiger charge is 2.15. The molecule has 0 bridgehead atoms. The lowest BCUT2D eigenvalue weighted by Crippen LogP contribution is -2.17. The van der Waals surface area contributed by atoms with Gasteiger partial charge >= 0.3 is 0 Å². The van der Waals surface area contributed by atoms with Crippen LogP contribution in [0.3, 0.4) is 0 Å². The molecule has 0 unspecified atom stereocenters. The van der Waals surface area contributed by atoms with E-state index in [1.807, 2.05) is 49.4 Å². The molecular weight excluding hydrogens is 358 g/mol. The molecule has 25 heavy (non-hydrogen) atoms. The first kappa shape index (κ1) is 17.3. The molecule has 0 fully saturated rings. The van der Waals surface area contributed by atoms with E-state index < -0.39 is 0 Å². The molecule has 2 aromatic carbocycles. The predicted octanol–water partition coefficient (Wildman–Crippen LogP) is 3.35. The van der Waals surface area contributed by atoms with Crippen molar-refractivity contribution in [1.29, 1.82) is 0 Å². The summed E-state index contributed by atoms with van der Waals surface area (Å²) >= 11 is 7.38. The molecule has 0 radical (unpaired) electrons. The second kappa shape index (κ2) is 7.58. The van der Waals surface area contributed by atoms with Crippen molar-refractivity contribution in [2.75, 3.05) is 16.9 Å². The molecule has 1 heterocycles. The number of hydrogen-bond donors (Lipinski definition) is 2. The second-order valence-electron chi connectivity index (χ2n) is 5.31. The maximum atomic E-state index is 12.1. The van der Waals surface area contributed by atoms with Crippen LogP contribution >= 0.6 is 23.4 Å². The number of nitrogens with one attached hydrogen (secondary N) is 1. The molecule has 128 valence electrons. The summed E-state index contributed by atoms with van der Waals surface area (Å²) in [6, 6.07) is 14.8. The van der Waals surface area contributed by atoms with E-state index in [0.717, 1.165) is 11.3 Å². The Morgan fingerprint density at radius 3 is 2.68 bits per heavy atom. The minimum Gasteiger partial charge on any atom is -0.335 e. The Balaban J connectivity index is 1.67.